The minimum absolute atomic E-state index is 0.0914. The molecule has 0 spiro atoms. The highest BCUT2D eigenvalue weighted by atomic mass is 19.1. The SMILES string of the molecule is O=C(Nc1c(F)cccc1F)Nc1c2ccccc2nc(=O)n1Cc1cccnc1. The topological polar surface area (TPSA) is 88.9 Å². The number of aromatic nitrogens is 3. The number of benzene rings is 2. The summed E-state index contributed by atoms with van der Waals surface area (Å²) in [5, 5.41) is 5.18. The van der Waals surface area contributed by atoms with E-state index in [-0.39, 0.29) is 12.4 Å². The van der Waals surface area contributed by atoms with Crippen molar-refractivity contribution < 1.29 is 13.6 Å². The molecule has 9 heteroatoms. The normalized spacial score (nSPS) is 10.7. The lowest BCUT2D eigenvalue weighted by molar-refractivity contribution is 0.261. The van der Waals surface area contributed by atoms with Gasteiger partial charge >= 0.3 is 11.7 Å². The van der Waals surface area contributed by atoms with E-state index in [1.165, 1.54) is 10.6 Å². The van der Waals surface area contributed by atoms with Crippen molar-refractivity contribution in [2.24, 2.45) is 0 Å². The number of hydrogen-bond donors (Lipinski definition) is 2. The molecule has 0 aliphatic heterocycles. The van der Waals surface area contributed by atoms with Gasteiger partial charge in [0.25, 0.3) is 0 Å². The second-order valence-corrected chi connectivity index (χ2v) is 6.38. The summed E-state index contributed by atoms with van der Waals surface area (Å²) in [6.45, 7) is 0.0914. The molecule has 2 aromatic carbocycles. The van der Waals surface area contributed by atoms with E-state index in [4.69, 9.17) is 0 Å². The molecule has 0 radical (unpaired) electrons. The standard InChI is InChI=1S/C21H15F2N5O2/c22-15-7-3-8-16(23)18(15)26-20(29)27-19-14-6-1-2-9-17(14)25-21(30)28(19)12-13-5-4-10-24-11-13/h1-11H,12H2,(H2,26,27,29). The van der Waals surface area contributed by atoms with Crippen molar-refractivity contribution in [1.29, 1.82) is 0 Å². The highest BCUT2D eigenvalue weighted by Gasteiger charge is 2.17. The van der Waals surface area contributed by atoms with Crippen molar-refractivity contribution in [3.63, 3.8) is 0 Å². The summed E-state index contributed by atoms with van der Waals surface area (Å²) in [6, 6.07) is 12.6. The fraction of sp³-hybridized carbons (Fsp3) is 0.0476. The number of fused-ring (bicyclic) bond motifs is 1. The predicted molar refractivity (Wildman–Crippen MR) is 108 cm³/mol. The minimum atomic E-state index is -0.919. The summed E-state index contributed by atoms with van der Waals surface area (Å²) < 4.78 is 29.0. The van der Waals surface area contributed by atoms with Gasteiger partial charge < -0.3 is 5.32 Å². The molecular weight excluding hydrogens is 392 g/mol. The Morgan fingerprint density at radius 2 is 1.73 bits per heavy atom. The monoisotopic (exact) mass is 407 g/mol. The summed E-state index contributed by atoms with van der Waals surface area (Å²) in [4.78, 5) is 33.3. The second-order valence-electron chi connectivity index (χ2n) is 6.38. The van der Waals surface area contributed by atoms with Gasteiger partial charge in [0.05, 0.1) is 12.1 Å². The lowest BCUT2D eigenvalue weighted by Crippen LogP contribution is -2.30. The summed E-state index contributed by atoms with van der Waals surface area (Å²) in [5.74, 6) is -1.70. The Labute approximate surface area is 169 Å². The van der Waals surface area contributed by atoms with Crippen LogP contribution in [0.15, 0.2) is 71.8 Å². The Hall–Kier alpha value is -4.14. The lowest BCUT2D eigenvalue weighted by Gasteiger charge is -2.16. The van der Waals surface area contributed by atoms with E-state index in [1.807, 2.05) is 0 Å². The Morgan fingerprint density at radius 3 is 2.47 bits per heavy atom. The van der Waals surface area contributed by atoms with Gasteiger partial charge in [-0.3, -0.25) is 14.9 Å². The number of hydrogen-bond acceptors (Lipinski definition) is 4. The quantitative estimate of drug-likeness (QED) is 0.539. The van der Waals surface area contributed by atoms with Crippen LogP contribution < -0.4 is 16.3 Å². The number of carbonyl (C=O) groups is 1. The van der Waals surface area contributed by atoms with Gasteiger partial charge in [0.1, 0.15) is 23.1 Å². The molecule has 0 unspecified atom stereocenters. The largest absolute Gasteiger partial charge is 0.350 e. The van der Waals surface area contributed by atoms with Crippen LogP contribution in [0.4, 0.5) is 25.1 Å². The number of carbonyl (C=O) groups excluding carboxylic acids is 1. The number of urea groups is 1. The van der Waals surface area contributed by atoms with E-state index in [1.54, 1.807) is 48.8 Å². The minimum Gasteiger partial charge on any atom is -0.303 e. The Balaban J connectivity index is 1.75. The molecule has 0 aliphatic rings. The first-order valence-corrected chi connectivity index (χ1v) is 8.93. The lowest BCUT2D eigenvalue weighted by atomic mass is 10.2. The average molecular weight is 407 g/mol. The molecule has 2 N–H and O–H groups in total. The maximum atomic E-state index is 13.9. The van der Waals surface area contributed by atoms with Crippen molar-refractivity contribution in [1.82, 2.24) is 14.5 Å². The van der Waals surface area contributed by atoms with Gasteiger partial charge in [-0.1, -0.05) is 24.3 Å². The second kappa shape index (κ2) is 8.08. The molecule has 0 aliphatic carbocycles. The number of para-hydroxylation sites is 2. The zero-order valence-corrected chi connectivity index (χ0v) is 15.5. The van der Waals surface area contributed by atoms with Crippen molar-refractivity contribution >= 4 is 28.4 Å². The van der Waals surface area contributed by atoms with Crippen LogP contribution in [0.5, 0.6) is 0 Å². The van der Waals surface area contributed by atoms with Crippen LogP contribution in [0.3, 0.4) is 0 Å². The van der Waals surface area contributed by atoms with Gasteiger partial charge in [-0.05, 0) is 35.9 Å². The fourth-order valence-corrected chi connectivity index (χ4v) is 3.00. The van der Waals surface area contributed by atoms with Crippen molar-refractivity contribution in [2.75, 3.05) is 10.6 Å². The molecule has 0 fully saturated rings. The number of rotatable bonds is 4. The van der Waals surface area contributed by atoms with E-state index in [0.717, 1.165) is 12.1 Å². The van der Waals surface area contributed by atoms with Crippen LogP contribution in [-0.4, -0.2) is 20.6 Å². The number of anilines is 2. The average Bonchev–Trinajstić information content (AvgIpc) is 2.74. The van der Waals surface area contributed by atoms with Gasteiger partial charge in [0.15, 0.2) is 0 Å². The van der Waals surface area contributed by atoms with Crippen molar-refractivity contribution in [3.05, 3.63) is 94.7 Å². The molecule has 0 atom stereocenters. The first-order chi connectivity index (χ1) is 14.5. The molecule has 0 bridgehead atoms. The van der Waals surface area contributed by atoms with Gasteiger partial charge in [0.2, 0.25) is 0 Å². The molecule has 150 valence electrons. The summed E-state index contributed by atoms with van der Waals surface area (Å²) >= 11 is 0. The van der Waals surface area contributed by atoms with Crippen LogP contribution in [0.2, 0.25) is 0 Å². The maximum Gasteiger partial charge on any atom is 0.350 e. The van der Waals surface area contributed by atoms with Crippen LogP contribution in [0, 0.1) is 11.6 Å². The summed E-state index contributed by atoms with van der Waals surface area (Å²) in [7, 11) is 0. The third kappa shape index (κ3) is 3.86. The molecule has 30 heavy (non-hydrogen) atoms. The van der Waals surface area contributed by atoms with E-state index >= 15 is 0 Å². The molecule has 0 saturated carbocycles. The number of pyridine rings is 1. The fourth-order valence-electron chi connectivity index (χ4n) is 3.00. The van der Waals surface area contributed by atoms with E-state index in [9.17, 15) is 18.4 Å². The van der Waals surface area contributed by atoms with Crippen LogP contribution >= 0.6 is 0 Å². The zero-order chi connectivity index (χ0) is 21.1. The third-order valence-corrected chi connectivity index (χ3v) is 4.37. The molecular formula is C21H15F2N5O2. The molecule has 7 nitrogen and oxygen atoms in total. The van der Waals surface area contributed by atoms with Gasteiger partial charge in [-0.15, -0.1) is 0 Å². The molecule has 2 amide bonds. The van der Waals surface area contributed by atoms with Gasteiger partial charge in [-0.25, -0.2) is 18.4 Å². The molecule has 4 rings (SSSR count). The zero-order valence-electron chi connectivity index (χ0n) is 15.5. The number of halogens is 2. The Kier molecular flexibility index (Phi) is 5.17. The van der Waals surface area contributed by atoms with Crippen molar-refractivity contribution in [2.45, 2.75) is 6.54 Å². The molecule has 0 saturated heterocycles. The van der Waals surface area contributed by atoms with E-state index in [2.05, 4.69) is 20.6 Å². The first-order valence-electron chi connectivity index (χ1n) is 8.93. The van der Waals surface area contributed by atoms with Crippen molar-refractivity contribution in [3.8, 4) is 0 Å². The smallest absolute Gasteiger partial charge is 0.303 e. The van der Waals surface area contributed by atoms with E-state index < -0.39 is 29.0 Å². The Bertz CT molecular complexity index is 1270. The number of nitrogens with one attached hydrogen (secondary N) is 2. The number of amides is 2. The summed E-state index contributed by atoms with van der Waals surface area (Å²) in [6.07, 6.45) is 3.18. The Morgan fingerprint density at radius 1 is 0.967 bits per heavy atom. The van der Waals surface area contributed by atoms with E-state index in [0.29, 0.717) is 16.5 Å². The predicted octanol–water partition coefficient (Wildman–Crippen LogP) is 3.76. The van der Waals surface area contributed by atoms with Crippen LogP contribution in [0.25, 0.3) is 10.9 Å². The highest BCUT2D eigenvalue weighted by molar-refractivity contribution is 6.04. The summed E-state index contributed by atoms with van der Waals surface area (Å²) in [5.41, 5.74) is -0.1000. The van der Waals surface area contributed by atoms with Gasteiger partial charge in [-0.2, -0.15) is 4.98 Å². The third-order valence-electron chi connectivity index (χ3n) is 4.37. The highest BCUT2D eigenvalue weighted by Crippen LogP contribution is 2.22. The van der Waals surface area contributed by atoms with Crippen LogP contribution in [-0.2, 0) is 6.54 Å². The molecule has 2 heterocycles. The van der Waals surface area contributed by atoms with Crippen LogP contribution in [0.1, 0.15) is 5.56 Å². The molecule has 2 aromatic heterocycles. The maximum absolute atomic E-state index is 13.9. The first kappa shape index (κ1) is 19.2. The van der Waals surface area contributed by atoms with Gasteiger partial charge in [0, 0.05) is 17.8 Å². The molecule has 4 aromatic rings. The number of nitrogens with zero attached hydrogens (tertiary/aromatic N) is 3.